The summed E-state index contributed by atoms with van der Waals surface area (Å²) in [6, 6.07) is 12.2. The fraction of sp³-hybridized carbons (Fsp3) is 0.0714. The summed E-state index contributed by atoms with van der Waals surface area (Å²) in [5.74, 6) is 0.399. The molecular formula is C14H12BrNO2. The Hall–Kier alpha value is -1.81. The van der Waals surface area contributed by atoms with Gasteiger partial charge in [0.2, 0.25) is 0 Å². The topological polar surface area (TPSA) is 52.8 Å². The number of hydrogen-bond acceptors (Lipinski definition) is 3. The third-order valence-corrected chi connectivity index (χ3v) is 3.25. The number of halogens is 1. The summed E-state index contributed by atoms with van der Waals surface area (Å²) in [5, 5.41) is 19.3. The Morgan fingerprint density at radius 3 is 2.44 bits per heavy atom. The van der Waals surface area contributed by atoms with Gasteiger partial charge in [0, 0.05) is 21.8 Å². The predicted octanol–water partition coefficient (Wildman–Crippen LogP) is 3.48. The summed E-state index contributed by atoms with van der Waals surface area (Å²) in [5.41, 5.74) is 1.38. The predicted molar refractivity (Wildman–Crippen MR) is 75.2 cm³/mol. The summed E-state index contributed by atoms with van der Waals surface area (Å²) < 4.78 is 0.817. The van der Waals surface area contributed by atoms with Crippen LogP contribution >= 0.6 is 15.9 Å². The molecule has 3 nitrogen and oxygen atoms in total. The lowest BCUT2D eigenvalue weighted by Crippen LogP contribution is -1.87. The highest BCUT2D eigenvalue weighted by Crippen LogP contribution is 2.26. The first-order valence-corrected chi connectivity index (χ1v) is 6.22. The number of aliphatic imine (C=N–C) groups is 1. The van der Waals surface area contributed by atoms with Crippen molar-refractivity contribution < 1.29 is 10.2 Å². The van der Waals surface area contributed by atoms with Crippen LogP contribution in [0.25, 0.3) is 0 Å². The van der Waals surface area contributed by atoms with Gasteiger partial charge in [-0.05, 0) is 24.3 Å². The van der Waals surface area contributed by atoms with Gasteiger partial charge in [-0.2, -0.15) is 0 Å². The molecule has 0 unspecified atom stereocenters. The van der Waals surface area contributed by atoms with Crippen LogP contribution in [0.3, 0.4) is 0 Å². The van der Waals surface area contributed by atoms with E-state index in [9.17, 15) is 10.2 Å². The fourth-order valence-electron chi connectivity index (χ4n) is 1.54. The van der Waals surface area contributed by atoms with Crippen molar-refractivity contribution in [2.75, 3.05) is 0 Å². The van der Waals surface area contributed by atoms with Crippen molar-refractivity contribution in [2.45, 2.75) is 6.54 Å². The van der Waals surface area contributed by atoms with E-state index in [0.29, 0.717) is 12.1 Å². The molecule has 4 heteroatoms. The Morgan fingerprint density at radius 1 is 1.00 bits per heavy atom. The Morgan fingerprint density at radius 2 is 1.72 bits per heavy atom. The van der Waals surface area contributed by atoms with Crippen LogP contribution in [0.5, 0.6) is 11.5 Å². The Kier molecular flexibility index (Phi) is 3.99. The van der Waals surface area contributed by atoms with E-state index in [1.165, 1.54) is 0 Å². The molecule has 0 bridgehead atoms. The van der Waals surface area contributed by atoms with Gasteiger partial charge in [0.1, 0.15) is 11.5 Å². The van der Waals surface area contributed by atoms with E-state index < -0.39 is 0 Å². The van der Waals surface area contributed by atoms with Crippen molar-refractivity contribution >= 4 is 22.1 Å². The van der Waals surface area contributed by atoms with Crippen molar-refractivity contribution in [1.82, 2.24) is 0 Å². The van der Waals surface area contributed by atoms with Gasteiger partial charge in [0.15, 0.2) is 0 Å². The van der Waals surface area contributed by atoms with Gasteiger partial charge in [-0.1, -0.05) is 34.1 Å². The molecule has 2 N–H and O–H groups in total. The van der Waals surface area contributed by atoms with E-state index in [-0.39, 0.29) is 11.5 Å². The van der Waals surface area contributed by atoms with E-state index in [4.69, 9.17) is 0 Å². The van der Waals surface area contributed by atoms with Crippen molar-refractivity contribution in [1.29, 1.82) is 0 Å². The van der Waals surface area contributed by atoms with E-state index in [1.807, 2.05) is 12.1 Å². The molecule has 0 aromatic heterocycles. The Balaban J connectivity index is 2.15. The minimum atomic E-state index is 0.192. The quantitative estimate of drug-likeness (QED) is 0.853. The summed E-state index contributed by atoms with van der Waals surface area (Å²) in [6.45, 7) is 0.349. The number of para-hydroxylation sites is 1. The molecule has 0 amide bonds. The molecular weight excluding hydrogens is 294 g/mol. The Labute approximate surface area is 114 Å². The number of aromatic hydroxyl groups is 2. The molecule has 0 spiro atoms. The minimum Gasteiger partial charge on any atom is -0.508 e. The summed E-state index contributed by atoms with van der Waals surface area (Å²) in [7, 11) is 0. The molecule has 18 heavy (non-hydrogen) atoms. The largest absolute Gasteiger partial charge is 0.508 e. The van der Waals surface area contributed by atoms with E-state index in [2.05, 4.69) is 20.9 Å². The highest BCUT2D eigenvalue weighted by molar-refractivity contribution is 9.10. The van der Waals surface area contributed by atoms with E-state index in [0.717, 1.165) is 10.0 Å². The molecule has 0 heterocycles. The highest BCUT2D eigenvalue weighted by Gasteiger charge is 2.04. The number of phenols is 2. The average molecular weight is 306 g/mol. The van der Waals surface area contributed by atoms with Gasteiger partial charge in [-0.25, -0.2) is 0 Å². The summed E-state index contributed by atoms with van der Waals surface area (Å²) in [4.78, 5) is 4.22. The maximum Gasteiger partial charge on any atom is 0.124 e. The van der Waals surface area contributed by atoms with Crippen LogP contribution < -0.4 is 0 Å². The van der Waals surface area contributed by atoms with Gasteiger partial charge in [0.25, 0.3) is 0 Å². The monoisotopic (exact) mass is 305 g/mol. The zero-order valence-electron chi connectivity index (χ0n) is 9.55. The molecule has 0 aliphatic rings. The van der Waals surface area contributed by atoms with Crippen molar-refractivity contribution in [3.63, 3.8) is 0 Å². The van der Waals surface area contributed by atoms with Crippen LogP contribution in [0.2, 0.25) is 0 Å². The Bertz CT molecular complexity index is 562. The zero-order valence-corrected chi connectivity index (χ0v) is 11.1. The standard InChI is InChI=1S/C14H12BrNO2/c15-12-5-3-7-14(18)11(12)9-16-8-10-4-1-2-6-13(10)17/h1-8,17-18H,9H2. The van der Waals surface area contributed by atoms with Gasteiger partial charge < -0.3 is 10.2 Å². The number of phenolic OH excluding ortho intramolecular Hbond substituents is 2. The average Bonchev–Trinajstić information content (AvgIpc) is 2.35. The van der Waals surface area contributed by atoms with Gasteiger partial charge >= 0.3 is 0 Å². The molecule has 0 aliphatic carbocycles. The third kappa shape index (κ3) is 2.90. The lowest BCUT2D eigenvalue weighted by Gasteiger charge is -2.03. The zero-order chi connectivity index (χ0) is 13.0. The van der Waals surface area contributed by atoms with Crippen LogP contribution in [0.1, 0.15) is 11.1 Å². The van der Waals surface area contributed by atoms with E-state index in [1.54, 1.807) is 36.5 Å². The van der Waals surface area contributed by atoms with Crippen LogP contribution in [0.15, 0.2) is 51.9 Å². The van der Waals surface area contributed by atoms with Crippen LogP contribution in [0.4, 0.5) is 0 Å². The number of benzene rings is 2. The SMILES string of the molecule is Oc1ccccc1C=NCc1c(O)cccc1Br. The molecule has 2 aromatic rings. The molecule has 0 fully saturated rings. The molecule has 0 saturated carbocycles. The lowest BCUT2D eigenvalue weighted by atomic mass is 10.2. The molecule has 0 radical (unpaired) electrons. The van der Waals surface area contributed by atoms with Crippen molar-refractivity contribution in [2.24, 2.45) is 4.99 Å². The highest BCUT2D eigenvalue weighted by atomic mass is 79.9. The molecule has 0 aliphatic heterocycles. The maximum absolute atomic E-state index is 9.69. The normalized spacial score (nSPS) is 10.9. The van der Waals surface area contributed by atoms with Crippen molar-refractivity contribution in [3.8, 4) is 11.5 Å². The molecule has 2 aromatic carbocycles. The second-order valence-electron chi connectivity index (χ2n) is 3.77. The second kappa shape index (κ2) is 5.69. The summed E-state index contributed by atoms with van der Waals surface area (Å²) >= 11 is 3.36. The van der Waals surface area contributed by atoms with Crippen LogP contribution in [-0.2, 0) is 6.54 Å². The number of hydrogen-bond donors (Lipinski definition) is 2. The van der Waals surface area contributed by atoms with E-state index >= 15 is 0 Å². The third-order valence-electron chi connectivity index (χ3n) is 2.51. The number of nitrogens with zero attached hydrogens (tertiary/aromatic N) is 1. The molecule has 92 valence electrons. The van der Waals surface area contributed by atoms with Gasteiger partial charge in [0.05, 0.1) is 6.54 Å². The first-order chi connectivity index (χ1) is 8.68. The first kappa shape index (κ1) is 12.6. The van der Waals surface area contributed by atoms with Crippen molar-refractivity contribution in [3.05, 3.63) is 58.1 Å². The summed E-state index contributed by atoms with van der Waals surface area (Å²) in [6.07, 6.45) is 1.59. The first-order valence-electron chi connectivity index (χ1n) is 5.42. The lowest BCUT2D eigenvalue weighted by molar-refractivity contribution is 0.468. The van der Waals surface area contributed by atoms with Gasteiger partial charge in [-0.3, -0.25) is 4.99 Å². The van der Waals surface area contributed by atoms with Gasteiger partial charge in [-0.15, -0.1) is 0 Å². The van der Waals surface area contributed by atoms with Crippen LogP contribution in [-0.4, -0.2) is 16.4 Å². The molecule has 0 atom stereocenters. The smallest absolute Gasteiger partial charge is 0.124 e. The second-order valence-corrected chi connectivity index (χ2v) is 4.62. The maximum atomic E-state index is 9.69. The number of rotatable bonds is 3. The molecule has 0 saturated heterocycles. The fourth-order valence-corrected chi connectivity index (χ4v) is 2.02. The van der Waals surface area contributed by atoms with Crippen LogP contribution in [0, 0.1) is 0 Å². The molecule has 2 rings (SSSR count). The minimum absolute atomic E-state index is 0.192.